The first-order valence-electron chi connectivity index (χ1n) is 8.79. The fourth-order valence-electron chi connectivity index (χ4n) is 3.67. The Bertz CT molecular complexity index is 955. The monoisotopic (exact) mass is 411 g/mol. The Morgan fingerprint density at radius 1 is 1.38 bits per heavy atom. The highest BCUT2D eigenvalue weighted by Gasteiger charge is 2.29. The van der Waals surface area contributed by atoms with Crippen molar-refractivity contribution in [2.24, 2.45) is 5.92 Å². The average Bonchev–Trinajstić information content (AvgIpc) is 3.11. The molecule has 140 valence electrons. The zero-order valence-electron chi connectivity index (χ0n) is 14.5. The number of amides is 1. The SMILES string of the molecule is C[C@H]1CCc2c(sc3ncnc(SCC(=O)N[C@@H]4CCS(=O)(=O)C4)c23)C1. The number of rotatable bonds is 4. The molecule has 26 heavy (non-hydrogen) atoms. The third kappa shape index (κ3) is 3.75. The smallest absolute Gasteiger partial charge is 0.230 e. The highest BCUT2D eigenvalue weighted by molar-refractivity contribution is 8.00. The molecule has 1 aliphatic carbocycles. The van der Waals surface area contributed by atoms with E-state index in [1.807, 2.05) is 0 Å². The zero-order chi connectivity index (χ0) is 18.3. The van der Waals surface area contributed by atoms with E-state index >= 15 is 0 Å². The van der Waals surface area contributed by atoms with Gasteiger partial charge in [0.1, 0.15) is 16.2 Å². The van der Waals surface area contributed by atoms with Crippen LogP contribution in [0.1, 0.15) is 30.2 Å². The molecule has 1 aliphatic heterocycles. The van der Waals surface area contributed by atoms with Crippen molar-refractivity contribution in [3.8, 4) is 0 Å². The van der Waals surface area contributed by atoms with E-state index in [9.17, 15) is 13.2 Å². The molecule has 0 bridgehead atoms. The lowest BCUT2D eigenvalue weighted by Gasteiger charge is -2.18. The third-order valence-corrected chi connectivity index (χ3v) is 8.91. The fraction of sp³-hybridized carbons (Fsp3) is 0.588. The number of carbonyl (C=O) groups excluding carboxylic acids is 1. The lowest BCUT2D eigenvalue weighted by molar-refractivity contribution is -0.119. The number of aromatic nitrogens is 2. The zero-order valence-corrected chi connectivity index (χ0v) is 17.0. The molecule has 6 nitrogen and oxygen atoms in total. The predicted molar refractivity (Wildman–Crippen MR) is 105 cm³/mol. The van der Waals surface area contributed by atoms with E-state index in [0.717, 1.165) is 28.1 Å². The predicted octanol–water partition coefficient (Wildman–Crippen LogP) is 2.21. The molecule has 3 heterocycles. The van der Waals surface area contributed by atoms with Gasteiger partial charge in [-0.05, 0) is 37.2 Å². The summed E-state index contributed by atoms with van der Waals surface area (Å²) in [7, 11) is -2.99. The van der Waals surface area contributed by atoms with Crippen molar-refractivity contribution in [1.82, 2.24) is 15.3 Å². The summed E-state index contributed by atoms with van der Waals surface area (Å²) < 4.78 is 23.0. The van der Waals surface area contributed by atoms with Crippen molar-refractivity contribution in [1.29, 1.82) is 0 Å². The van der Waals surface area contributed by atoms with E-state index in [-0.39, 0.29) is 29.2 Å². The normalized spacial score (nSPS) is 24.5. The van der Waals surface area contributed by atoms with Gasteiger partial charge >= 0.3 is 0 Å². The summed E-state index contributed by atoms with van der Waals surface area (Å²) in [5.41, 5.74) is 1.36. The van der Waals surface area contributed by atoms with Crippen molar-refractivity contribution in [2.45, 2.75) is 43.7 Å². The van der Waals surface area contributed by atoms with E-state index in [4.69, 9.17) is 0 Å². The standard InChI is InChI=1S/C17H21N3O3S3/c1-10-2-3-12-13(6-10)25-17-15(12)16(18-9-19-17)24-7-14(21)20-11-4-5-26(22,23)8-11/h9-11H,2-8H2,1H3,(H,20,21)/t10-,11+/m0/s1. The van der Waals surface area contributed by atoms with Crippen LogP contribution in [0.25, 0.3) is 10.2 Å². The van der Waals surface area contributed by atoms with Crippen molar-refractivity contribution in [3.63, 3.8) is 0 Å². The fourth-order valence-corrected chi connectivity index (χ4v) is 7.59. The number of nitrogens with zero attached hydrogens (tertiary/aromatic N) is 2. The first-order chi connectivity index (χ1) is 12.4. The Morgan fingerprint density at radius 3 is 3.00 bits per heavy atom. The van der Waals surface area contributed by atoms with Gasteiger partial charge in [-0.2, -0.15) is 0 Å². The Hall–Kier alpha value is -1.19. The van der Waals surface area contributed by atoms with Gasteiger partial charge in [0.2, 0.25) is 5.91 Å². The maximum absolute atomic E-state index is 12.2. The van der Waals surface area contributed by atoms with Crippen LogP contribution in [0, 0.1) is 5.92 Å². The molecule has 1 saturated heterocycles. The molecule has 0 unspecified atom stereocenters. The first kappa shape index (κ1) is 18.2. The van der Waals surface area contributed by atoms with Gasteiger partial charge in [-0.15, -0.1) is 11.3 Å². The van der Waals surface area contributed by atoms with E-state index in [2.05, 4.69) is 22.2 Å². The number of fused-ring (bicyclic) bond motifs is 3. The lowest BCUT2D eigenvalue weighted by Crippen LogP contribution is -2.36. The van der Waals surface area contributed by atoms with Crippen molar-refractivity contribution >= 4 is 49.1 Å². The molecule has 1 amide bonds. The van der Waals surface area contributed by atoms with Gasteiger partial charge in [-0.25, -0.2) is 18.4 Å². The number of hydrogen-bond donors (Lipinski definition) is 1. The molecule has 1 N–H and O–H groups in total. The summed E-state index contributed by atoms with van der Waals surface area (Å²) in [4.78, 5) is 23.5. The van der Waals surface area contributed by atoms with Crippen LogP contribution < -0.4 is 5.32 Å². The van der Waals surface area contributed by atoms with Gasteiger partial charge < -0.3 is 5.32 Å². The summed E-state index contributed by atoms with van der Waals surface area (Å²) in [5.74, 6) is 1.02. The van der Waals surface area contributed by atoms with E-state index in [1.165, 1.54) is 28.6 Å². The molecule has 2 aliphatic rings. The van der Waals surface area contributed by atoms with Gasteiger partial charge in [-0.1, -0.05) is 18.7 Å². The number of sulfone groups is 1. The second-order valence-corrected chi connectivity index (χ2v) is 11.4. The quantitative estimate of drug-likeness (QED) is 0.613. The summed E-state index contributed by atoms with van der Waals surface area (Å²) in [5, 5.41) is 4.80. The summed E-state index contributed by atoms with van der Waals surface area (Å²) in [6, 6.07) is -0.256. The summed E-state index contributed by atoms with van der Waals surface area (Å²) in [6.45, 7) is 2.28. The second kappa shape index (κ2) is 7.09. The molecule has 0 radical (unpaired) electrons. The highest BCUT2D eigenvalue weighted by Crippen LogP contribution is 2.40. The first-order valence-corrected chi connectivity index (χ1v) is 12.4. The molecule has 9 heteroatoms. The lowest BCUT2D eigenvalue weighted by atomic mass is 9.89. The Kier molecular flexibility index (Phi) is 4.96. The van der Waals surface area contributed by atoms with Gasteiger partial charge in [0, 0.05) is 16.3 Å². The average molecular weight is 412 g/mol. The van der Waals surface area contributed by atoms with Crippen LogP contribution in [-0.4, -0.2) is 47.6 Å². The molecule has 0 spiro atoms. The Labute approximate surface area is 161 Å². The minimum Gasteiger partial charge on any atom is -0.352 e. The van der Waals surface area contributed by atoms with Crippen LogP contribution in [0.15, 0.2) is 11.4 Å². The van der Waals surface area contributed by atoms with Gasteiger partial charge in [-0.3, -0.25) is 4.79 Å². The number of nitrogens with one attached hydrogen (secondary N) is 1. The van der Waals surface area contributed by atoms with Gasteiger partial charge in [0.15, 0.2) is 9.84 Å². The Balaban J connectivity index is 1.47. The molecule has 2 aromatic heterocycles. The van der Waals surface area contributed by atoms with E-state index in [0.29, 0.717) is 12.3 Å². The van der Waals surface area contributed by atoms with Crippen molar-refractivity contribution < 1.29 is 13.2 Å². The molecule has 1 fully saturated rings. The number of aryl methyl sites for hydroxylation is 1. The molecule has 0 saturated carbocycles. The largest absolute Gasteiger partial charge is 0.352 e. The molecule has 2 atom stereocenters. The van der Waals surface area contributed by atoms with Crippen molar-refractivity contribution in [3.05, 3.63) is 16.8 Å². The van der Waals surface area contributed by atoms with Crippen LogP contribution in [0.3, 0.4) is 0 Å². The minimum atomic E-state index is -2.99. The number of thioether (sulfide) groups is 1. The minimum absolute atomic E-state index is 0.0530. The molecule has 2 aromatic rings. The van der Waals surface area contributed by atoms with Crippen LogP contribution in [0.2, 0.25) is 0 Å². The molecule has 0 aromatic carbocycles. The van der Waals surface area contributed by atoms with Crippen LogP contribution in [0.4, 0.5) is 0 Å². The molecular weight excluding hydrogens is 390 g/mol. The topological polar surface area (TPSA) is 89.0 Å². The molecule has 4 rings (SSSR count). The maximum Gasteiger partial charge on any atom is 0.230 e. The second-order valence-electron chi connectivity index (χ2n) is 7.17. The summed E-state index contributed by atoms with van der Waals surface area (Å²) in [6.07, 6.45) is 5.39. The number of hydrogen-bond acceptors (Lipinski definition) is 7. The van der Waals surface area contributed by atoms with Crippen LogP contribution in [-0.2, 0) is 27.5 Å². The van der Waals surface area contributed by atoms with E-state index < -0.39 is 9.84 Å². The van der Waals surface area contributed by atoms with E-state index in [1.54, 1.807) is 17.7 Å². The van der Waals surface area contributed by atoms with Gasteiger partial charge in [0.25, 0.3) is 0 Å². The van der Waals surface area contributed by atoms with Gasteiger partial charge in [0.05, 0.1) is 17.3 Å². The van der Waals surface area contributed by atoms with Crippen molar-refractivity contribution in [2.75, 3.05) is 17.3 Å². The number of carbonyl (C=O) groups is 1. The maximum atomic E-state index is 12.2. The highest BCUT2D eigenvalue weighted by atomic mass is 32.2. The summed E-state index contributed by atoms with van der Waals surface area (Å²) >= 11 is 3.16. The van der Waals surface area contributed by atoms with Crippen LogP contribution in [0.5, 0.6) is 0 Å². The number of thiophene rings is 1. The molecular formula is C17H21N3O3S3. The third-order valence-electron chi connectivity index (χ3n) is 4.99. The Morgan fingerprint density at radius 2 is 2.23 bits per heavy atom. The van der Waals surface area contributed by atoms with Crippen LogP contribution >= 0.6 is 23.1 Å².